The van der Waals surface area contributed by atoms with Gasteiger partial charge in [0.25, 0.3) is 0 Å². The highest BCUT2D eigenvalue weighted by atomic mass is 31.2. The molecule has 0 rings (SSSR count). The Hall–Kier alpha value is -3.50. The van der Waals surface area contributed by atoms with Gasteiger partial charge in [0, 0.05) is 25.7 Å². The zero-order chi connectivity index (χ0) is 71.8. The SMILES string of the molecule is CCCCCC/C=C\C=C/CCCCCCCC(=O)OC[C@H](COP(=O)(O)OC[C@@H](O)COP(=O)(O)OC[C@@H](COC(=O)CCCCCCC/C=C\CCCCCC)OC(=O)CCCCCCC/C=C\CCCCCCCC)OC(=O)CCCCCCC/C=C\C=C/CCCCCC. The zero-order valence-corrected chi connectivity index (χ0v) is 64.0. The number of unbranched alkanes of at least 4 members (excludes halogenated alkanes) is 38. The van der Waals surface area contributed by atoms with Crippen LogP contribution < -0.4 is 0 Å². The Balaban J connectivity index is 5.37. The molecule has 0 aromatic rings. The van der Waals surface area contributed by atoms with Crippen molar-refractivity contribution in [2.45, 2.75) is 367 Å². The summed E-state index contributed by atoms with van der Waals surface area (Å²) in [6, 6.07) is 0. The predicted octanol–water partition coefficient (Wildman–Crippen LogP) is 22.4. The van der Waals surface area contributed by atoms with E-state index in [1.165, 1.54) is 116 Å². The molecule has 19 heteroatoms. The molecular weight excluding hydrogens is 1280 g/mol. The fourth-order valence-corrected chi connectivity index (χ4v) is 12.2. The lowest BCUT2D eigenvalue weighted by molar-refractivity contribution is -0.161. The van der Waals surface area contributed by atoms with Gasteiger partial charge < -0.3 is 33.8 Å². The second-order valence-corrected chi connectivity index (χ2v) is 29.3. The normalized spacial score (nSPS) is 14.3. The first-order valence-electron chi connectivity index (χ1n) is 39.2. The molecule has 570 valence electrons. The smallest absolute Gasteiger partial charge is 0.462 e. The van der Waals surface area contributed by atoms with Crippen LogP contribution in [0.4, 0.5) is 0 Å². The maximum atomic E-state index is 13.1. The highest BCUT2D eigenvalue weighted by Gasteiger charge is 2.30. The van der Waals surface area contributed by atoms with Crippen molar-refractivity contribution in [2.24, 2.45) is 0 Å². The van der Waals surface area contributed by atoms with Gasteiger partial charge >= 0.3 is 39.5 Å². The monoisotopic (exact) mass is 1420 g/mol. The van der Waals surface area contributed by atoms with Gasteiger partial charge in [-0.25, -0.2) is 9.13 Å². The lowest BCUT2D eigenvalue weighted by atomic mass is 10.1. The largest absolute Gasteiger partial charge is 0.472 e. The Morgan fingerprint density at radius 2 is 0.500 bits per heavy atom. The Kier molecular flexibility index (Phi) is 69.3. The van der Waals surface area contributed by atoms with Crippen LogP contribution >= 0.6 is 15.6 Å². The van der Waals surface area contributed by atoms with E-state index in [1.807, 2.05) is 0 Å². The van der Waals surface area contributed by atoms with Crippen LogP contribution in [0.1, 0.15) is 349 Å². The van der Waals surface area contributed by atoms with E-state index in [0.717, 1.165) is 154 Å². The summed E-state index contributed by atoms with van der Waals surface area (Å²) < 4.78 is 68.5. The summed E-state index contributed by atoms with van der Waals surface area (Å²) in [5, 5.41) is 10.6. The second-order valence-electron chi connectivity index (χ2n) is 26.3. The maximum absolute atomic E-state index is 13.1. The van der Waals surface area contributed by atoms with E-state index in [0.29, 0.717) is 25.7 Å². The molecule has 0 saturated carbocycles. The van der Waals surface area contributed by atoms with Crippen LogP contribution in [-0.2, 0) is 65.4 Å². The van der Waals surface area contributed by atoms with Gasteiger partial charge in [0.1, 0.15) is 19.3 Å². The number of phosphoric acid groups is 2. The van der Waals surface area contributed by atoms with Crippen LogP contribution in [-0.4, -0.2) is 96.7 Å². The van der Waals surface area contributed by atoms with Crippen molar-refractivity contribution in [3.05, 3.63) is 72.9 Å². The third kappa shape index (κ3) is 70.9. The standard InChI is InChI=1S/C79H142O17P2/c1-5-9-13-17-21-25-29-33-36-40-44-48-52-56-60-64-77(82)90-70-75(96-79(84)66-62-58-54-50-46-42-38-35-31-27-23-19-15-11-7-3)72-94-98(87,88)92-68-73(80)67-91-97(85,86)93-71-74(69-89-76(81)63-59-55-51-47-43-39-32-28-24-20-16-12-8-4)95-78(83)65-61-57-53-49-45-41-37-34-30-26-22-18-14-10-6-2/h25,27-29,31-38,73-75,80H,5-24,26,30,39-72H2,1-4H3,(H,85,86)(H,87,88)/b29-25-,31-27-,32-28-,36-33-,37-34-,38-35-/t73-,74+,75+/m0/s1. The highest BCUT2D eigenvalue weighted by molar-refractivity contribution is 7.47. The summed E-state index contributed by atoms with van der Waals surface area (Å²) in [5.41, 5.74) is 0. The van der Waals surface area contributed by atoms with Gasteiger partial charge in [-0.15, -0.1) is 0 Å². The van der Waals surface area contributed by atoms with Crippen LogP contribution in [0.5, 0.6) is 0 Å². The average Bonchev–Trinajstić information content (AvgIpc) is 1.04. The fourth-order valence-electron chi connectivity index (χ4n) is 10.6. The predicted molar refractivity (Wildman–Crippen MR) is 400 cm³/mol. The van der Waals surface area contributed by atoms with Crippen LogP contribution in [0.25, 0.3) is 0 Å². The third-order valence-electron chi connectivity index (χ3n) is 16.7. The molecule has 0 bridgehead atoms. The summed E-state index contributed by atoms with van der Waals surface area (Å²) in [6.45, 7) is 4.80. The topological polar surface area (TPSA) is 237 Å². The summed E-state index contributed by atoms with van der Waals surface area (Å²) >= 11 is 0. The van der Waals surface area contributed by atoms with E-state index in [2.05, 4.69) is 101 Å². The van der Waals surface area contributed by atoms with Crippen molar-refractivity contribution < 1.29 is 80.2 Å². The lowest BCUT2D eigenvalue weighted by Gasteiger charge is -2.21. The first-order valence-corrected chi connectivity index (χ1v) is 42.2. The molecule has 0 spiro atoms. The Labute approximate surface area is 596 Å². The molecule has 0 heterocycles. The molecule has 0 aliphatic heterocycles. The average molecular weight is 1430 g/mol. The molecule has 0 radical (unpaired) electrons. The zero-order valence-electron chi connectivity index (χ0n) is 62.2. The van der Waals surface area contributed by atoms with Crippen LogP contribution in [0.15, 0.2) is 72.9 Å². The molecule has 98 heavy (non-hydrogen) atoms. The van der Waals surface area contributed by atoms with Gasteiger partial charge in [0.05, 0.1) is 26.4 Å². The fraction of sp³-hybridized carbons (Fsp3) is 0.797. The highest BCUT2D eigenvalue weighted by Crippen LogP contribution is 2.45. The number of aliphatic hydroxyl groups is 1. The number of allylic oxidation sites excluding steroid dienone is 12. The van der Waals surface area contributed by atoms with Crippen molar-refractivity contribution in [1.29, 1.82) is 0 Å². The van der Waals surface area contributed by atoms with Crippen molar-refractivity contribution in [1.82, 2.24) is 0 Å². The van der Waals surface area contributed by atoms with Crippen molar-refractivity contribution >= 4 is 39.5 Å². The third-order valence-corrected chi connectivity index (χ3v) is 18.6. The van der Waals surface area contributed by atoms with E-state index in [-0.39, 0.29) is 25.7 Å². The van der Waals surface area contributed by atoms with E-state index in [9.17, 15) is 43.2 Å². The van der Waals surface area contributed by atoms with Gasteiger partial charge in [0.15, 0.2) is 12.2 Å². The molecule has 0 aromatic carbocycles. The molecular formula is C79H142O17P2. The molecule has 0 fully saturated rings. The number of rotatable bonds is 74. The number of ether oxygens (including phenoxy) is 4. The van der Waals surface area contributed by atoms with E-state index >= 15 is 0 Å². The van der Waals surface area contributed by atoms with Crippen LogP contribution in [0, 0.1) is 0 Å². The number of esters is 4. The summed E-state index contributed by atoms with van der Waals surface area (Å²) in [4.78, 5) is 72.9. The number of hydrogen-bond donors (Lipinski definition) is 3. The molecule has 3 N–H and O–H groups in total. The van der Waals surface area contributed by atoms with E-state index < -0.39 is 97.5 Å². The molecule has 17 nitrogen and oxygen atoms in total. The van der Waals surface area contributed by atoms with Gasteiger partial charge in [0.2, 0.25) is 0 Å². The van der Waals surface area contributed by atoms with Crippen molar-refractivity contribution in [2.75, 3.05) is 39.6 Å². The minimum atomic E-state index is -4.98. The molecule has 5 atom stereocenters. The quantitative estimate of drug-likeness (QED) is 0.0128. The number of hydrogen-bond acceptors (Lipinski definition) is 15. The van der Waals surface area contributed by atoms with Crippen LogP contribution in [0.3, 0.4) is 0 Å². The Morgan fingerprint density at radius 3 is 0.776 bits per heavy atom. The van der Waals surface area contributed by atoms with Crippen LogP contribution in [0.2, 0.25) is 0 Å². The Morgan fingerprint density at radius 1 is 0.286 bits per heavy atom. The summed E-state index contributed by atoms with van der Waals surface area (Å²) in [5.74, 6) is -2.21. The molecule has 0 amide bonds. The molecule has 0 aliphatic rings. The molecule has 2 unspecified atom stereocenters. The van der Waals surface area contributed by atoms with E-state index in [1.54, 1.807) is 0 Å². The molecule has 0 aliphatic carbocycles. The first-order chi connectivity index (χ1) is 47.7. The number of phosphoric ester groups is 2. The minimum absolute atomic E-state index is 0.0760. The number of carbonyl (C=O) groups excluding carboxylic acids is 4. The van der Waals surface area contributed by atoms with Gasteiger partial charge in [-0.1, -0.05) is 268 Å². The molecule has 0 saturated heterocycles. The van der Waals surface area contributed by atoms with Gasteiger partial charge in [-0.05, 0) is 128 Å². The van der Waals surface area contributed by atoms with Gasteiger partial charge in [-0.2, -0.15) is 0 Å². The minimum Gasteiger partial charge on any atom is -0.462 e. The Bertz CT molecular complexity index is 2140. The summed E-state index contributed by atoms with van der Waals surface area (Å²) in [7, 11) is -9.95. The van der Waals surface area contributed by atoms with Crippen molar-refractivity contribution in [3.8, 4) is 0 Å². The number of carbonyl (C=O) groups is 4. The molecule has 0 aromatic heterocycles. The maximum Gasteiger partial charge on any atom is 0.472 e. The summed E-state index contributed by atoms with van der Waals surface area (Å²) in [6.07, 6.45) is 71.6. The second kappa shape index (κ2) is 71.9. The van der Waals surface area contributed by atoms with Crippen molar-refractivity contribution in [3.63, 3.8) is 0 Å². The lowest BCUT2D eigenvalue weighted by Crippen LogP contribution is -2.30. The van der Waals surface area contributed by atoms with E-state index in [4.69, 9.17) is 37.0 Å². The van der Waals surface area contributed by atoms with Gasteiger partial charge in [-0.3, -0.25) is 37.3 Å². The number of aliphatic hydroxyl groups excluding tert-OH is 1. The first kappa shape index (κ1) is 94.5.